The Hall–Kier alpha value is -3.12. The van der Waals surface area contributed by atoms with Crippen molar-refractivity contribution in [1.29, 1.82) is 0 Å². The molecule has 0 amide bonds. The van der Waals surface area contributed by atoms with Gasteiger partial charge in [0.05, 0.1) is 6.61 Å². The van der Waals surface area contributed by atoms with Crippen LogP contribution in [0.2, 0.25) is 0 Å². The lowest BCUT2D eigenvalue weighted by molar-refractivity contribution is 0.344. The number of rotatable bonds is 7. The van der Waals surface area contributed by atoms with Gasteiger partial charge in [-0.2, -0.15) is 0 Å². The average Bonchev–Trinajstić information content (AvgIpc) is 3.17. The molecule has 146 valence electrons. The van der Waals surface area contributed by atoms with Gasteiger partial charge < -0.3 is 4.74 Å². The predicted octanol–water partition coefficient (Wildman–Crippen LogP) is 5.12. The van der Waals surface area contributed by atoms with Crippen molar-refractivity contribution in [3.05, 3.63) is 84.2 Å². The molecule has 0 N–H and O–H groups in total. The maximum Gasteiger partial charge on any atom is 0.196 e. The van der Waals surface area contributed by atoms with E-state index in [-0.39, 0.29) is 0 Å². The molecule has 4 rings (SSSR count). The Labute approximate surface area is 174 Å². The van der Waals surface area contributed by atoms with Crippen LogP contribution in [0, 0.1) is 13.8 Å². The summed E-state index contributed by atoms with van der Waals surface area (Å²) < 4.78 is 7.95. The molecule has 0 unspecified atom stereocenters. The summed E-state index contributed by atoms with van der Waals surface area (Å²) in [6.07, 6.45) is 3.54. The van der Waals surface area contributed by atoms with Crippen molar-refractivity contribution in [2.45, 2.75) is 19.0 Å². The fraction of sp³-hybridized carbons (Fsp3) is 0.174. The highest BCUT2D eigenvalue weighted by atomic mass is 32.2. The zero-order chi connectivity index (χ0) is 20.1. The minimum atomic E-state index is 0.596. The molecular formula is C23H22N4OS. The molecule has 2 aromatic carbocycles. The molecule has 4 aromatic rings. The van der Waals surface area contributed by atoms with Crippen LogP contribution < -0.4 is 4.74 Å². The highest BCUT2D eigenvalue weighted by molar-refractivity contribution is 7.99. The summed E-state index contributed by atoms with van der Waals surface area (Å²) in [5.74, 6) is 2.46. The van der Waals surface area contributed by atoms with Crippen molar-refractivity contribution in [2.24, 2.45) is 0 Å². The summed E-state index contributed by atoms with van der Waals surface area (Å²) in [6, 6.07) is 20.4. The Balaban J connectivity index is 1.55. The molecular weight excluding hydrogens is 380 g/mol. The number of benzene rings is 2. The normalized spacial score (nSPS) is 10.8. The van der Waals surface area contributed by atoms with E-state index < -0.39 is 0 Å². The second kappa shape index (κ2) is 8.92. The number of aryl methyl sites for hydroxylation is 2. The van der Waals surface area contributed by atoms with Gasteiger partial charge in [0.15, 0.2) is 11.0 Å². The van der Waals surface area contributed by atoms with E-state index in [0.29, 0.717) is 6.61 Å². The van der Waals surface area contributed by atoms with Crippen LogP contribution in [0.1, 0.15) is 11.1 Å². The Morgan fingerprint density at radius 1 is 0.897 bits per heavy atom. The molecule has 0 saturated carbocycles. The number of pyridine rings is 1. The molecule has 0 aliphatic rings. The number of thioether (sulfide) groups is 1. The van der Waals surface area contributed by atoms with E-state index in [2.05, 4.69) is 70.0 Å². The minimum absolute atomic E-state index is 0.596. The van der Waals surface area contributed by atoms with E-state index >= 15 is 0 Å². The maximum atomic E-state index is 5.85. The molecule has 0 radical (unpaired) electrons. The highest BCUT2D eigenvalue weighted by Gasteiger charge is 2.16. The Bertz CT molecular complexity index is 1080. The molecule has 0 aliphatic heterocycles. The number of ether oxygens (including phenoxy) is 1. The first kappa shape index (κ1) is 19.2. The van der Waals surface area contributed by atoms with Crippen molar-refractivity contribution in [1.82, 2.24) is 19.7 Å². The molecule has 2 heterocycles. The Morgan fingerprint density at radius 3 is 2.45 bits per heavy atom. The van der Waals surface area contributed by atoms with Crippen molar-refractivity contribution < 1.29 is 4.74 Å². The van der Waals surface area contributed by atoms with E-state index in [1.165, 1.54) is 11.1 Å². The third-order valence-electron chi connectivity index (χ3n) is 4.44. The van der Waals surface area contributed by atoms with Crippen molar-refractivity contribution in [2.75, 3.05) is 12.4 Å². The monoisotopic (exact) mass is 402 g/mol. The van der Waals surface area contributed by atoms with Crippen LogP contribution in [0.3, 0.4) is 0 Å². The van der Waals surface area contributed by atoms with Gasteiger partial charge in [-0.3, -0.25) is 9.55 Å². The lowest BCUT2D eigenvalue weighted by atomic mass is 10.2. The first-order valence-corrected chi connectivity index (χ1v) is 10.4. The van der Waals surface area contributed by atoms with Crippen LogP contribution in [0.4, 0.5) is 0 Å². The molecule has 6 heteroatoms. The van der Waals surface area contributed by atoms with Gasteiger partial charge in [0, 0.05) is 29.4 Å². The second-order valence-electron chi connectivity index (χ2n) is 6.73. The molecule has 0 spiro atoms. The van der Waals surface area contributed by atoms with Crippen LogP contribution >= 0.6 is 11.8 Å². The van der Waals surface area contributed by atoms with Crippen LogP contribution in [0.15, 0.2) is 78.2 Å². The smallest absolute Gasteiger partial charge is 0.196 e. The number of nitrogens with zero attached hydrogens (tertiary/aromatic N) is 4. The number of aromatic nitrogens is 4. The summed E-state index contributed by atoms with van der Waals surface area (Å²) in [5, 5.41) is 9.76. The SMILES string of the molecule is Cc1ccc(OCCSc2nnc(-c3ccncc3)n2-c2cccc(C)c2)cc1. The fourth-order valence-electron chi connectivity index (χ4n) is 2.98. The lowest BCUT2D eigenvalue weighted by Gasteiger charge is -2.11. The third kappa shape index (κ3) is 4.66. The highest BCUT2D eigenvalue weighted by Crippen LogP contribution is 2.28. The first-order valence-electron chi connectivity index (χ1n) is 9.46. The maximum absolute atomic E-state index is 5.85. The van der Waals surface area contributed by atoms with E-state index in [1.807, 2.05) is 24.3 Å². The summed E-state index contributed by atoms with van der Waals surface area (Å²) in [7, 11) is 0. The molecule has 0 saturated heterocycles. The molecule has 2 aromatic heterocycles. The van der Waals surface area contributed by atoms with Crippen molar-refractivity contribution in [3.8, 4) is 22.8 Å². The van der Waals surface area contributed by atoms with Crippen LogP contribution in [-0.2, 0) is 0 Å². The summed E-state index contributed by atoms with van der Waals surface area (Å²) >= 11 is 1.63. The van der Waals surface area contributed by atoms with E-state index in [1.54, 1.807) is 24.2 Å². The first-order chi connectivity index (χ1) is 14.2. The van der Waals surface area contributed by atoms with Gasteiger partial charge in [0.25, 0.3) is 0 Å². The van der Waals surface area contributed by atoms with Crippen LogP contribution in [0.5, 0.6) is 5.75 Å². The number of hydrogen-bond acceptors (Lipinski definition) is 5. The Kier molecular flexibility index (Phi) is 5.91. The molecule has 29 heavy (non-hydrogen) atoms. The van der Waals surface area contributed by atoms with Gasteiger partial charge in [-0.15, -0.1) is 10.2 Å². The molecule has 0 fully saturated rings. The van der Waals surface area contributed by atoms with Gasteiger partial charge in [-0.1, -0.05) is 41.6 Å². The van der Waals surface area contributed by atoms with Crippen LogP contribution in [-0.4, -0.2) is 32.1 Å². The topological polar surface area (TPSA) is 52.8 Å². The zero-order valence-electron chi connectivity index (χ0n) is 16.4. The Morgan fingerprint density at radius 2 is 1.69 bits per heavy atom. The summed E-state index contributed by atoms with van der Waals surface area (Å²) in [6.45, 7) is 4.75. The zero-order valence-corrected chi connectivity index (χ0v) is 17.3. The summed E-state index contributed by atoms with van der Waals surface area (Å²) in [4.78, 5) is 4.11. The predicted molar refractivity (Wildman–Crippen MR) is 117 cm³/mol. The number of hydrogen-bond donors (Lipinski definition) is 0. The van der Waals surface area contributed by atoms with Crippen molar-refractivity contribution >= 4 is 11.8 Å². The minimum Gasteiger partial charge on any atom is -0.493 e. The lowest BCUT2D eigenvalue weighted by Crippen LogP contribution is -2.03. The van der Waals surface area contributed by atoms with Gasteiger partial charge in [0.1, 0.15) is 5.75 Å². The van der Waals surface area contributed by atoms with Gasteiger partial charge >= 0.3 is 0 Å². The van der Waals surface area contributed by atoms with Crippen molar-refractivity contribution in [3.63, 3.8) is 0 Å². The molecule has 0 aliphatic carbocycles. The molecule has 0 atom stereocenters. The fourth-order valence-corrected chi connectivity index (χ4v) is 3.75. The van der Waals surface area contributed by atoms with Crippen LogP contribution in [0.25, 0.3) is 17.1 Å². The van der Waals surface area contributed by atoms with E-state index in [4.69, 9.17) is 4.74 Å². The van der Waals surface area contributed by atoms with E-state index in [9.17, 15) is 0 Å². The quantitative estimate of drug-likeness (QED) is 0.317. The second-order valence-corrected chi connectivity index (χ2v) is 7.79. The molecule has 5 nitrogen and oxygen atoms in total. The van der Waals surface area contributed by atoms with Gasteiger partial charge in [-0.05, 0) is 55.8 Å². The molecule has 0 bridgehead atoms. The van der Waals surface area contributed by atoms with Gasteiger partial charge in [0.2, 0.25) is 0 Å². The largest absolute Gasteiger partial charge is 0.493 e. The summed E-state index contributed by atoms with van der Waals surface area (Å²) in [5.41, 5.74) is 4.44. The third-order valence-corrected chi connectivity index (χ3v) is 5.33. The average molecular weight is 403 g/mol. The van der Waals surface area contributed by atoms with Gasteiger partial charge in [-0.25, -0.2) is 0 Å². The standard InChI is InChI=1S/C23H22N4OS/c1-17-6-8-21(9-7-17)28-14-15-29-23-26-25-22(19-10-12-24-13-11-19)27(23)20-5-3-4-18(2)16-20/h3-13,16H,14-15H2,1-2H3. The van der Waals surface area contributed by atoms with E-state index in [0.717, 1.165) is 33.7 Å².